The molecule has 100 valence electrons. The van der Waals surface area contributed by atoms with Crippen LogP contribution in [0.15, 0.2) is 30.3 Å². The van der Waals surface area contributed by atoms with Gasteiger partial charge in [-0.25, -0.2) is 0 Å². The molecule has 0 atom stereocenters. The third kappa shape index (κ3) is 3.40. The second kappa shape index (κ2) is 6.10. The maximum absolute atomic E-state index is 6.05. The number of anilines is 1. The molecule has 0 aliphatic rings. The van der Waals surface area contributed by atoms with Gasteiger partial charge < -0.3 is 10.5 Å². The monoisotopic (exact) mass is 335 g/mol. The van der Waals surface area contributed by atoms with Gasteiger partial charge in [-0.1, -0.05) is 52.5 Å². The van der Waals surface area contributed by atoms with Crippen molar-refractivity contribution in [3.8, 4) is 5.75 Å². The molecule has 0 aliphatic heterocycles. The normalized spacial score (nSPS) is 10.5. The van der Waals surface area contributed by atoms with Crippen LogP contribution in [0.2, 0.25) is 20.1 Å². The van der Waals surface area contributed by atoms with E-state index < -0.39 is 0 Å². The summed E-state index contributed by atoms with van der Waals surface area (Å²) in [6.07, 6.45) is 0. The van der Waals surface area contributed by atoms with Gasteiger partial charge in [-0.05, 0) is 18.2 Å². The largest absolute Gasteiger partial charge is 0.487 e. The first kappa shape index (κ1) is 14.6. The first-order valence-electron chi connectivity index (χ1n) is 5.29. The summed E-state index contributed by atoms with van der Waals surface area (Å²) in [7, 11) is 0. The zero-order chi connectivity index (χ0) is 14.0. The molecule has 0 aliphatic carbocycles. The Bertz CT molecular complexity index is 596. The van der Waals surface area contributed by atoms with Gasteiger partial charge >= 0.3 is 0 Å². The molecule has 0 radical (unpaired) electrons. The van der Waals surface area contributed by atoms with E-state index in [1.165, 1.54) is 6.07 Å². The van der Waals surface area contributed by atoms with Gasteiger partial charge in [-0.15, -0.1) is 0 Å². The number of benzene rings is 2. The summed E-state index contributed by atoms with van der Waals surface area (Å²) in [5.74, 6) is 0.426. The second-order valence-corrected chi connectivity index (χ2v) is 5.42. The Labute approximate surface area is 131 Å². The van der Waals surface area contributed by atoms with Crippen LogP contribution in [0.4, 0.5) is 5.69 Å². The minimum Gasteiger partial charge on any atom is -0.487 e. The quantitative estimate of drug-likeness (QED) is 0.596. The smallest absolute Gasteiger partial charge is 0.139 e. The number of ether oxygens (including phenoxy) is 1. The van der Waals surface area contributed by atoms with Gasteiger partial charge in [-0.2, -0.15) is 0 Å². The molecular weight excluding hydrogens is 328 g/mol. The molecular formula is C13H9Cl4NO. The molecule has 2 aromatic carbocycles. The van der Waals surface area contributed by atoms with Crippen LogP contribution < -0.4 is 10.5 Å². The van der Waals surface area contributed by atoms with Gasteiger partial charge in [0.2, 0.25) is 0 Å². The van der Waals surface area contributed by atoms with Crippen molar-refractivity contribution >= 4 is 52.1 Å². The lowest BCUT2D eigenvalue weighted by molar-refractivity contribution is 0.307. The summed E-state index contributed by atoms with van der Waals surface area (Å²) in [5.41, 5.74) is 7.09. The number of hydrogen-bond acceptors (Lipinski definition) is 2. The number of nitrogen functional groups attached to an aromatic ring is 1. The predicted molar refractivity (Wildman–Crippen MR) is 81.7 cm³/mol. The summed E-state index contributed by atoms with van der Waals surface area (Å²) < 4.78 is 5.58. The molecule has 2 rings (SSSR count). The van der Waals surface area contributed by atoms with E-state index in [-0.39, 0.29) is 6.61 Å². The van der Waals surface area contributed by atoms with Crippen molar-refractivity contribution in [3.05, 3.63) is 56.0 Å². The van der Waals surface area contributed by atoms with Crippen LogP contribution in [-0.4, -0.2) is 0 Å². The second-order valence-electron chi connectivity index (χ2n) is 3.79. The fourth-order valence-corrected chi connectivity index (χ4v) is 2.32. The number of halogens is 4. The number of hydrogen-bond donors (Lipinski definition) is 1. The molecule has 2 aromatic rings. The van der Waals surface area contributed by atoms with Crippen molar-refractivity contribution in [2.24, 2.45) is 0 Å². The van der Waals surface area contributed by atoms with Gasteiger partial charge in [0.25, 0.3) is 0 Å². The van der Waals surface area contributed by atoms with Crippen LogP contribution in [0, 0.1) is 0 Å². The summed E-state index contributed by atoms with van der Waals surface area (Å²) >= 11 is 23.8. The van der Waals surface area contributed by atoms with Crippen LogP contribution in [0.3, 0.4) is 0 Å². The van der Waals surface area contributed by atoms with Crippen LogP contribution in [-0.2, 0) is 6.61 Å². The molecule has 19 heavy (non-hydrogen) atoms. The van der Waals surface area contributed by atoms with E-state index in [0.29, 0.717) is 37.1 Å². The molecule has 0 saturated heterocycles. The maximum atomic E-state index is 6.05. The summed E-state index contributed by atoms with van der Waals surface area (Å²) in [5, 5.41) is 1.65. The molecule has 2 nitrogen and oxygen atoms in total. The lowest BCUT2D eigenvalue weighted by atomic mass is 10.2. The van der Waals surface area contributed by atoms with Crippen molar-refractivity contribution in [3.63, 3.8) is 0 Å². The van der Waals surface area contributed by atoms with E-state index in [9.17, 15) is 0 Å². The molecule has 0 bridgehead atoms. The van der Waals surface area contributed by atoms with Crippen molar-refractivity contribution < 1.29 is 4.74 Å². The Morgan fingerprint density at radius 1 is 0.895 bits per heavy atom. The highest BCUT2D eigenvalue weighted by atomic mass is 35.5. The molecule has 0 heterocycles. The van der Waals surface area contributed by atoms with Crippen LogP contribution in [0.1, 0.15) is 5.56 Å². The Morgan fingerprint density at radius 2 is 1.58 bits per heavy atom. The third-order valence-electron chi connectivity index (χ3n) is 2.50. The average molecular weight is 337 g/mol. The van der Waals surface area contributed by atoms with Crippen molar-refractivity contribution in [2.75, 3.05) is 5.73 Å². The summed E-state index contributed by atoms with van der Waals surface area (Å²) in [4.78, 5) is 0. The van der Waals surface area contributed by atoms with Gasteiger partial charge in [-0.3, -0.25) is 0 Å². The minimum atomic E-state index is 0.198. The topological polar surface area (TPSA) is 35.2 Å². The maximum Gasteiger partial charge on any atom is 0.139 e. The van der Waals surface area contributed by atoms with E-state index in [1.807, 2.05) is 0 Å². The van der Waals surface area contributed by atoms with Crippen molar-refractivity contribution in [1.82, 2.24) is 0 Å². The molecule has 0 spiro atoms. The Morgan fingerprint density at radius 3 is 2.26 bits per heavy atom. The van der Waals surface area contributed by atoms with Crippen LogP contribution in [0.5, 0.6) is 5.75 Å². The van der Waals surface area contributed by atoms with Gasteiger partial charge in [0, 0.05) is 22.3 Å². The van der Waals surface area contributed by atoms with E-state index in [1.54, 1.807) is 24.3 Å². The molecule has 6 heteroatoms. The fraction of sp³-hybridized carbons (Fsp3) is 0.0769. The fourth-order valence-electron chi connectivity index (χ4n) is 1.49. The van der Waals surface area contributed by atoms with Crippen molar-refractivity contribution in [1.29, 1.82) is 0 Å². The van der Waals surface area contributed by atoms with Gasteiger partial charge in [0.05, 0.1) is 15.1 Å². The predicted octanol–water partition coefficient (Wildman–Crippen LogP) is 5.46. The molecule has 0 aromatic heterocycles. The standard InChI is InChI=1S/C13H9Cl4NO/c14-8-2-1-3-12(18)7(8)6-19-13-5-10(16)9(15)4-11(13)17/h1-5H,6,18H2. The highest BCUT2D eigenvalue weighted by Gasteiger charge is 2.10. The Kier molecular flexibility index (Phi) is 4.69. The van der Waals surface area contributed by atoms with Gasteiger partial charge in [0.1, 0.15) is 12.4 Å². The highest BCUT2D eigenvalue weighted by Crippen LogP contribution is 2.35. The van der Waals surface area contributed by atoms with E-state index in [0.717, 1.165) is 0 Å². The first-order chi connectivity index (χ1) is 8.99. The summed E-state index contributed by atoms with van der Waals surface area (Å²) in [6.45, 7) is 0.198. The van der Waals surface area contributed by atoms with Crippen LogP contribution in [0.25, 0.3) is 0 Å². The Hall–Kier alpha value is -0.800. The third-order valence-corrected chi connectivity index (χ3v) is 3.87. The molecule has 0 fully saturated rings. The van der Waals surface area contributed by atoms with Crippen molar-refractivity contribution in [2.45, 2.75) is 6.61 Å². The Balaban J connectivity index is 2.22. The zero-order valence-corrected chi connectivity index (χ0v) is 12.6. The van der Waals surface area contributed by atoms with E-state index in [2.05, 4.69) is 0 Å². The number of rotatable bonds is 3. The summed E-state index contributed by atoms with van der Waals surface area (Å²) in [6, 6.07) is 8.34. The molecule has 0 unspecified atom stereocenters. The SMILES string of the molecule is Nc1cccc(Cl)c1COc1cc(Cl)c(Cl)cc1Cl. The lowest BCUT2D eigenvalue weighted by Crippen LogP contribution is -2.01. The first-order valence-corrected chi connectivity index (χ1v) is 6.80. The highest BCUT2D eigenvalue weighted by molar-refractivity contribution is 6.43. The lowest BCUT2D eigenvalue weighted by Gasteiger charge is -2.12. The minimum absolute atomic E-state index is 0.198. The van der Waals surface area contributed by atoms with Gasteiger partial charge in [0.15, 0.2) is 0 Å². The van der Waals surface area contributed by atoms with Crippen LogP contribution >= 0.6 is 46.4 Å². The van der Waals surface area contributed by atoms with E-state index in [4.69, 9.17) is 56.9 Å². The van der Waals surface area contributed by atoms with E-state index >= 15 is 0 Å². The average Bonchev–Trinajstić information content (AvgIpc) is 2.34. The number of nitrogens with two attached hydrogens (primary N) is 1. The molecule has 0 amide bonds. The molecule has 0 saturated carbocycles. The molecule has 2 N–H and O–H groups in total. The zero-order valence-electron chi connectivity index (χ0n) is 9.59.